The van der Waals surface area contributed by atoms with Gasteiger partial charge in [-0.2, -0.15) is 0 Å². The normalized spacial score (nSPS) is 17.2. The molecule has 1 radical (unpaired) electrons. The van der Waals surface area contributed by atoms with Gasteiger partial charge in [-0.1, -0.05) is 119 Å². The Morgan fingerprint density at radius 2 is 1.54 bits per heavy atom. The first-order valence-corrected chi connectivity index (χ1v) is 16.9. The van der Waals surface area contributed by atoms with E-state index in [1.165, 1.54) is 43.2 Å². The van der Waals surface area contributed by atoms with Gasteiger partial charge in [0.2, 0.25) is 0 Å². The van der Waals surface area contributed by atoms with Gasteiger partial charge in [0.25, 0.3) is 0 Å². The average molecular weight is 842 g/mol. The van der Waals surface area contributed by atoms with E-state index < -0.39 is 25.5 Å². The zero-order valence-electron chi connectivity index (χ0n) is 37.8. The SMILES string of the molecule is [2H]C([2H])([2H])c1ccc(-c2[c-]cc(C([2H])([2H])[2H])c(-c3ccc(C([2H])([2H])C(C)(C)C)cc3)c2)nc1.[2H]C1(c2ccc(-c3ccnc(-c4[c-]cccc4)c3)cc2)CCCCC1.[Ir]. The van der Waals surface area contributed by atoms with Crippen molar-refractivity contribution in [1.29, 1.82) is 0 Å². The van der Waals surface area contributed by atoms with Crippen LogP contribution in [0, 0.1) is 31.3 Å². The van der Waals surface area contributed by atoms with Gasteiger partial charge >= 0.3 is 0 Å². The van der Waals surface area contributed by atoms with E-state index in [9.17, 15) is 0 Å². The van der Waals surface area contributed by atoms with Crippen molar-refractivity contribution < 1.29 is 32.4 Å². The summed E-state index contributed by atoms with van der Waals surface area (Å²) in [5.74, 6) is -0.390. The molecule has 0 amide bonds. The van der Waals surface area contributed by atoms with Crippen LogP contribution in [0.4, 0.5) is 0 Å². The maximum Gasteiger partial charge on any atom is 0.0352 e. The van der Waals surface area contributed by atoms with Gasteiger partial charge in [0, 0.05) is 44.8 Å². The number of aromatic nitrogens is 2. The van der Waals surface area contributed by atoms with Crippen molar-refractivity contribution in [3.8, 4) is 44.8 Å². The van der Waals surface area contributed by atoms with Crippen molar-refractivity contribution in [2.24, 2.45) is 5.41 Å². The maximum absolute atomic E-state index is 8.77. The van der Waals surface area contributed by atoms with Crippen LogP contribution in [-0.4, -0.2) is 9.97 Å². The van der Waals surface area contributed by atoms with Crippen LogP contribution in [0.2, 0.25) is 0 Å². The first-order chi connectivity index (χ1) is 27.3. The molecule has 0 saturated heterocycles. The second kappa shape index (κ2) is 17.2. The molecule has 0 spiro atoms. The standard InChI is InChI=1S/C24H26N.C23H22N.Ir/c1-17-6-13-23(25-16-17)21-10-7-18(2)22(14-21)20-11-8-19(9-12-20)15-24(3,4)5;1-3-7-18(8-4-1)19-11-13-20(14-12-19)22-15-16-24-23(17-22)21-9-5-2-6-10-21;/h6-9,11-14,16H,15H2,1-5H3;2,5-6,9,11-18H,1,3-4,7-8H2;/q2*-1;/i1D3,2D3,15D2;18D;. The van der Waals surface area contributed by atoms with Gasteiger partial charge in [-0.15, -0.1) is 65.2 Å². The van der Waals surface area contributed by atoms with Crippen molar-refractivity contribution in [3.63, 3.8) is 0 Å². The Morgan fingerprint density at radius 3 is 2.20 bits per heavy atom. The minimum absolute atomic E-state index is 0. The van der Waals surface area contributed by atoms with Crippen LogP contribution < -0.4 is 0 Å². The van der Waals surface area contributed by atoms with E-state index >= 15 is 0 Å². The topological polar surface area (TPSA) is 25.8 Å². The number of aryl methyl sites for hydroxylation is 2. The Morgan fingerprint density at radius 1 is 0.760 bits per heavy atom. The molecule has 1 aliphatic rings. The fourth-order valence-electron chi connectivity index (χ4n) is 6.07. The molecule has 0 unspecified atom stereocenters. The maximum atomic E-state index is 8.77. The molecule has 7 rings (SSSR count). The van der Waals surface area contributed by atoms with Crippen LogP contribution in [0.1, 0.15) is 93.4 Å². The van der Waals surface area contributed by atoms with Crippen molar-refractivity contribution in [2.45, 2.75) is 78.8 Å². The largest absolute Gasteiger partial charge is 0.305 e. The molecule has 0 bridgehead atoms. The first-order valence-electron chi connectivity index (χ1n) is 21.4. The average Bonchev–Trinajstić information content (AvgIpc) is 3.20. The van der Waals surface area contributed by atoms with Gasteiger partial charge in [-0.25, -0.2) is 0 Å². The van der Waals surface area contributed by atoms with Crippen LogP contribution in [0.25, 0.3) is 44.8 Å². The van der Waals surface area contributed by atoms with E-state index in [2.05, 4.69) is 52.4 Å². The molecule has 2 aromatic heterocycles. The molecule has 50 heavy (non-hydrogen) atoms. The van der Waals surface area contributed by atoms with E-state index in [4.69, 9.17) is 12.3 Å². The number of benzene rings is 4. The second-order valence-corrected chi connectivity index (χ2v) is 13.5. The zero-order chi connectivity index (χ0) is 41.9. The molecule has 0 atom stereocenters. The molecule has 6 aromatic rings. The molecular weight excluding hydrogens is 785 g/mol. The molecule has 4 aromatic carbocycles. The van der Waals surface area contributed by atoms with Crippen LogP contribution in [0.15, 0.2) is 122 Å². The molecule has 257 valence electrons. The molecule has 2 nitrogen and oxygen atoms in total. The van der Waals surface area contributed by atoms with Crippen molar-refractivity contribution in [1.82, 2.24) is 9.97 Å². The molecule has 1 aliphatic carbocycles. The van der Waals surface area contributed by atoms with E-state index in [-0.39, 0.29) is 37.1 Å². The Hall–Kier alpha value is -4.17. The molecule has 3 heteroatoms. The summed E-state index contributed by atoms with van der Waals surface area (Å²) in [5.41, 5.74) is 7.66. The summed E-state index contributed by atoms with van der Waals surface area (Å²) in [6, 6.07) is 39.8. The minimum atomic E-state index is -2.37. The molecule has 1 fully saturated rings. The number of rotatable bonds is 6. The third kappa shape index (κ3) is 9.96. The van der Waals surface area contributed by atoms with Gasteiger partial charge in [-0.3, -0.25) is 0 Å². The summed E-state index contributed by atoms with van der Waals surface area (Å²) in [7, 11) is 0. The van der Waals surface area contributed by atoms with Crippen molar-refractivity contribution >= 4 is 0 Å². The van der Waals surface area contributed by atoms with Crippen LogP contribution >= 0.6 is 0 Å². The van der Waals surface area contributed by atoms with Crippen LogP contribution in [0.5, 0.6) is 0 Å². The summed E-state index contributed by atoms with van der Waals surface area (Å²) < 4.78 is 72.0. The molecule has 1 saturated carbocycles. The fraction of sp³-hybridized carbons (Fsp3) is 0.277. The summed E-state index contributed by atoms with van der Waals surface area (Å²) in [6.45, 7) is 0.860. The number of hydrogen-bond acceptors (Lipinski definition) is 2. The van der Waals surface area contributed by atoms with Gasteiger partial charge in [0.15, 0.2) is 0 Å². The quantitative estimate of drug-likeness (QED) is 0.156. The Kier molecular flexibility index (Phi) is 9.14. The van der Waals surface area contributed by atoms with Crippen LogP contribution in [-0.2, 0) is 26.5 Å². The van der Waals surface area contributed by atoms with E-state index in [1.54, 1.807) is 36.4 Å². The van der Waals surface area contributed by atoms with E-state index in [0.29, 0.717) is 27.9 Å². The monoisotopic (exact) mass is 842 g/mol. The molecular formula is C47H48IrN2-2. The summed E-state index contributed by atoms with van der Waals surface area (Å²) in [6.07, 6.45) is 7.16. The summed E-state index contributed by atoms with van der Waals surface area (Å²) in [5, 5.41) is 0. The Balaban J connectivity index is 0.000000228. The first kappa shape index (κ1) is 26.6. The van der Waals surface area contributed by atoms with E-state index in [1.807, 2.05) is 57.3 Å². The van der Waals surface area contributed by atoms with Gasteiger partial charge < -0.3 is 9.97 Å². The third-order valence-corrected chi connectivity index (χ3v) is 8.53. The second-order valence-electron chi connectivity index (χ2n) is 13.5. The third-order valence-electron chi connectivity index (χ3n) is 8.53. The minimum Gasteiger partial charge on any atom is -0.305 e. The predicted molar refractivity (Wildman–Crippen MR) is 206 cm³/mol. The molecule has 2 heterocycles. The summed E-state index contributed by atoms with van der Waals surface area (Å²) >= 11 is 0. The van der Waals surface area contributed by atoms with Gasteiger partial charge in [-0.05, 0) is 88.2 Å². The Bertz CT molecular complexity index is 2290. The molecule has 0 N–H and O–H groups in total. The van der Waals surface area contributed by atoms with Crippen molar-refractivity contribution in [3.05, 3.63) is 156 Å². The smallest absolute Gasteiger partial charge is 0.0352 e. The van der Waals surface area contributed by atoms with Crippen molar-refractivity contribution in [2.75, 3.05) is 0 Å². The zero-order valence-corrected chi connectivity index (χ0v) is 31.2. The van der Waals surface area contributed by atoms with Crippen LogP contribution in [0.3, 0.4) is 0 Å². The van der Waals surface area contributed by atoms with Gasteiger partial charge in [0.05, 0.1) is 0 Å². The predicted octanol–water partition coefficient (Wildman–Crippen LogP) is 12.7. The van der Waals surface area contributed by atoms with Gasteiger partial charge in [0.1, 0.15) is 0 Å². The number of pyridine rings is 2. The number of hydrogen-bond donors (Lipinski definition) is 0. The fourth-order valence-corrected chi connectivity index (χ4v) is 6.07. The summed E-state index contributed by atoms with van der Waals surface area (Å²) in [4.78, 5) is 8.71. The molecule has 0 aliphatic heterocycles. The number of nitrogens with zero attached hydrogens (tertiary/aromatic N) is 2. The Labute approximate surface area is 326 Å². The van der Waals surface area contributed by atoms with E-state index in [0.717, 1.165) is 35.2 Å².